The van der Waals surface area contributed by atoms with Gasteiger partial charge in [-0.05, 0) is 24.3 Å². The molecule has 0 unspecified atom stereocenters. The molecule has 2 aliphatic heterocycles. The molecular formula is C30H33N7O3. The molecule has 4 heterocycles. The smallest absolute Gasteiger partial charge is 0.247 e. The lowest BCUT2D eigenvalue weighted by atomic mass is 10.0. The Hall–Kier alpha value is -4.41. The summed E-state index contributed by atoms with van der Waals surface area (Å²) in [5.74, 6) is 0.770. The van der Waals surface area contributed by atoms with E-state index in [1.807, 2.05) is 37.4 Å². The number of rotatable bonds is 8. The summed E-state index contributed by atoms with van der Waals surface area (Å²) in [6.45, 7) is 8.79. The second kappa shape index (κ2) is 11.0. The van der Waals surface area contributed by atoms with Crippen molar-refractivity contribution in [1.82, 2.24) is 19.4 Å². The fourth-order valence-electron chi connectivity index (χ4n) is 5.44. The Bertz CT molecular complexity index is 1550. The number of nitrogens with one attached hydrogen (secondary N) is 2. The van der Waals surface area contributed by atoms with Crippen molar-refractivity contribution in [3.8, 4) is 17.0 Å². The highest BCUT2D eigenvalue weighted by atomic mass is 16.5. The first kappa shape index (κ1) is 25.8. The van der Waals surface area contributed by atoms with Gasteiger partial charge in [-0.1, -0.05) is 24.8 Å². The molecule has 2 saturated heterocycles. The van der Waals surface area contributed by atoms with E-state index in [1.165, 1.54) is 6.08 Å². The molecule has 1 amide bonds. The topological polar surface area (TPSA) is 96.8 Å². The van der Waals surface area contributed by atoms with E-state index in [4.69, 9.17) is 14.5 Å². The maximum Gasteiger partial charge on any atom is 0.247 e. The molecule has 2 aromatic carbocycles. The van der Waals surface area contributed by atoms with Crippen LogP contribution < -0.4 is 20.3 Å². The predicted octanol–water partition coefficient (Wildman–Crippen LogP) is 4.03. The first-order valence-electron chi connectivity index (χ1n) is 13.4. The summed E-state index contributed by atoms with van der Waals surface area (Å²) in [6.07, 6.45) is 5.08. The Morgan fingerprint density at radius 3 is 2.73 bits per heavy atom. The number of morpholine rings is 1. The molecule has 40 heavy (non-hydrogen) atoms. The Kier molecular flexibility index (Phi) is 7.10. The normalized spacial score (nSPS) is 16.0. The van der Waals surface area contributed by atoms with Gasteiger partial charge < -0.3 is 29.6 Å². The van der Waals surface area contributed by atoms with Crippen molar-refractivity contribution in [2.75, 3.05) is 62.0 Å². The molecule has 0 bridgehead atoms. The van der Waals surface area contributed by atoms with Crippen LogP contribution in [0.1, 0.15) is 0 Å². The molecule has 0 saturated carbocycles. The van der Waals surface area contributed by atoms with Crippen LogP contribution in [0.25, 0.3) is 22.2 Å². The van der Waals surface area contributed by atoms with Crippen LogP contribution in [0.4, 0.5) is 23.0 Å². The Morgan fingerprint density at radius 2 is 1.95 bits per heavy atom. The van der Waals surface area contributed by atoms with Crippen LogP contribution in [0.3, 0.4) is 0 Å². The third kappa shape index (κ3) is 4.99. The van der Waals surface area contributed by atoms with Gasteiger partial charge >= 0.3 is 0 Å². The average Bonchev–Trinajstić information content (AvgIpc) is 3.30. The molecule has 10 nitrogen and oxygen atoms in total. The largest absolute Gasteiger partial charge is 0.494 e. The Balaban J connectivity index is 1.29. The zero-order chi connectivity index (χ0) is 27.6. The second-order valence-corrected chi connectivity index (χ2v) is 10.0. The number of para-hydroxylation sites is 1. The van der Waals surface area contributed by atoms with Crippen molar-refractivity contribution >= 4 is 39.8 Å². The number of benzene rings is 2. The van der Waals surface area contributed by atoms with Crippen molar-refractivity contribution in [3.63, 3.8) is 0 Å². The molecular weight excluding hydrogens is 506 g/mol. The maximum atomic E-state index is 12.4. The highest BCUT2D eigenvalue weighted by Crippen LogP contribution is 2.40. The molecule has 206 valence electrons. The van der Waals surface area contributed by atoms with E-state index >= 15 is 0 Å². The fraction of sp³-hybridized carbons (Fsp3) is 0.300. The number of anilines is 4. The van der Waals surface area contributed by atoms with E-state index in [0.717, 1.165) is 67.2 Å². The van der Waals surface area contributed by atoms with Crippen LogP contribution in [-0.2, 0) is 16.6 Å². The number of fused-ring (bicyclic) bond motifs is 1. The highest BCUT2D eigenvalue weighted by molar-refractivity contribution is 6.02. The molecule has 2 aliphatic rings. The summed E-state index contributed by atoms with van der Waals surface area (Å²) in [6, 6.07) is 14.4. The number of carbonyl (C=O) groups is 1. The molecule has 2 N–H and O–H groups in total. The maximum absolute atomic E-state index is 12.4. The lowest BCUT2D eigenvalue weighted by Crippen LogP contribution is -2.61. The molecule has 0 atom stereocenters. The summed E-state index contributed by atoms with van der Waals surface area (Å²) in [4.78, 5) is 26.4. The SMILES string of the molecule is C=CC(=O)Nc1cc(Nc2nccc(-c3cn(C)c4ccccc34)n2)c(OC)cc1N1CC(N2CCOCC2)C1. The summed E-state index contributed by atoms with van der Waals surface area (Å²) >= 11 is 0. The zero-order valence-corrected chi connectivity index (χ0v) is 22.8. The van der Waals surface area contributed by atoms with Gasteiger partial charge in [0, 0.05) is 74.2 Å². The highest BCUT2D eigenvalue weighted by Gasteiger charge is 2.34. The van der Waals surface area contributed by atoms with Crippen molar-refractivity contribution < 1.29 is 14.3 Å². The van der Waals surface area contributed by atoms with Gasteiger partial charge in [0.25, 0.3) is 0 Å². The van der Waals surface area contributed by atoms with Gasteiger partial charge in [0.2, 0.25) is 11.9 Å². The van der Waals surface area contributed by atoms with Gasteiger partial charge in [0.05, 0.1) is 43.1 Å². The van der Waals surface area contributed by atoms with Gasteiger partial charge in [-0.15, -0.1) is 0 Å². The van der Waals surface area contributed by atoms with Gasteiger partial charge in [0.1, 0.15) is 5.75 Å². The minimum Gasteiger partial charge on any atom is -0.494 e. The Labute approximate surface area is 233 Å². The summed E-state index contributed by atoms with van der Waals surface area (Å²) in [7, 11) is 3.66. The number of hydrogen-bond acceptors (Lipinski definition) is 8. The lowest BCUT2D eigenvalue weighted by Gasteiger charge is -2.48. The van der Waals surface area contributed by atoms with Crippen LogP contribution >= 0.6 is 0 Å². The number of methoxy groups -OCH3 is 1. The van der Waals surface area contributed by atoms with Crippen LogP contribution in [0.15, 0.2) is 67.5 Å². The number of nitrogens with zero attached hydrogens (tertiary/aromatic N) is 5. The average molecular weight is 540 g/mol. The van der Waals surface area contributed by atoms with Crippen LogP contribution in [-0.4, -0.2) is 77.9 Å². The molecule has 4 aromatic rings. The first-order valence-corrected chi connectivity index (χ1v) is 13.4. The van der Waals surface area contributed by atoms with Crippen molar-refractivity contribution in [1.29, 1.82) is 0 Å². The molecule has 6 rings (SSSR count). The van der Waals surface area contributed by atoms with E-state index in [-0.39, 0.29) is 5.91 Å². The summed E-state index contributed by atoms with van der Waals surface area (Å²) in [5, 5.41) is 7.40. The predicted molar refractivity (Wildman–Crippen MR) is 157 cm³/mol. The summed E-state index contributed by atoms with van der Waals surface area (Å²) < 4.78 is 13.4. The molecule has 0 radical (unpaired) electrons. The van der Waals surface area contributed by atoms with E-state index in [2.05, 4.69) is 54.9 Å². The Morgan fingerprint density at radius 1 is 1.15 bits per heavy atom. The zero-order valence-electron chi connectivity index (χ0n) is 22.8. The molecule has 2 fully saturated rings. The van der Waals surface area contributed by atoms with Gasteiger partial charge in [-0.2, -0.15) is 0 Å². The molecule has 0 spiro atoms. The fourth-order valence-corrected chi connectivity index (χ4v) is 5.44. The van der Waals surface area contributed by atoms with Crippen molar-refractivity contribution in [2.45, 2.75) is 6.04 Å². The van der Waals surface area contributed by atoms with Gasteiger partial charge in [-0.25, -0.2) is 9.97 Å². The van der Waals surface area contributed by atoms with Crippen molar-refractivity contribution in [2.24, 2.45) is 7.05 Å². The summed E-state index contributed by atoms with van der Waals surface area (Å²) in [5.41, 5.74) is 5.17. The van der Waals surface area contributed by atoms with Gasteiger partial charge in [-0.3, -0.25) is 9.69 Å². The van der Waals surface area contributed by atoms with Gasteiger partial charge in [0.15, 0.2) is 0 Å². The first-order chi connectivity index (χ1) is 19.5. The number of ether oxygens (including phenoxy) is 2. The van der Waals surface area contributed by atoms with E-state index in [0.29, 0.717) is 29.1 Å². The number of amides is 1. The number of aryl methyl sites for hydroxylation is 1. The third-order valence-corrected chi connectivity index (χ3v) is 7.60. The van der Waals surface area contributed by atoms with Crippen LogP contribution in [0.5, 0.6) is 5.75 Å². The lowest BCUT2D eigenvalue weighted by molar-refractivity contribution is -0.111. The second-order valence-electron chi connectivity index (χ2n) is 10.0. The van der Waals surface area contributed by atoms with E-state index < -0.39 is 0 Å². The number of hydrogen-bond donors (Lipinski definition) is 2. The quantitative estimate of drug-likeness (QED) is 0.324. The number of aromatic nitrogens is 3. The molecule has 2 aromatic heterocycles. The van der Waals surface area contributed by atoms with Crippen molar-refractivity contribution in [3.05, 3.63) is 67.5 Å². The van der Waals surface area contributed by atoms with Crippen LogP contribution in [0, 0.1) is 0 Å². The number of carbonyl (C=O) groups excluding carboxylic acids is 1. The molecule has 0 aliphatic carbocycles. The minimum atomic E-state index is -0.281. The standard InChI is InChI=1S/C30H33N7O3/c1-4-29(38)32-24-15-25(28(39-3)16-27(24)37-17-20(18-37)36-11-13-40-14-12-36)34-30-31-10-9-23(33-30)22-19-35(2)26-8-6-5-7-21(22)26/h4-10,15-16,19-20H,1,11-14,17-18H2,2-3H3,(H,32,38)(H,31,33,34). The van der Waals surface area contributed by atoms with E-state index in [1.54, 1.807) is 13.3 Å². The van der Waals surface area contributed by atoms with Crippen LogP contribution in [0.2, 0.25) is 0 Å². The minimum absolute atomic E-state index is 0.281. The van der Waals surface area contributed by atoms with E-state index in [9.17, 15) is 4.79 Å². The molecule has 10 heteroatoms. The third-order valence-electron chi connectivity index (χ3n) is 7.60. The monoisotopic (exact) mass is 539 g/mol.